The van der Waals surface area contributed by atoms with Crippen molar-refractivity contribution in [3.8, 4) is 0 Å². The number of nitrogens with one attached hydrogen (secondary N) is 2. The molecular weight excluding hydrogens is 274 g/mol. The largest absolute Gasteiger partial charge is 0.570 e. The lowest BCUT2D eigenvalue weighted by molar-refractivity contribution is -0.652. The van der Waals surface area contributed by atoms with Gasteiger partial charge in [0, 0.05) is 17.2 Å². The first-order chi connectivity index (χ1) is 9.46. The first-order valence-corrected chi connectivity index (χ1v) is 7.15. The number of rotatable bonds is 3. The molecule has 1 saturated heterocycles. The lowest BCUT2D eigenvalue weighted by Crippen LogP contribution is -2.48. The third-order valence-electron chi connectivity index (χ3n) is 2.60. The molecule has 8 nitrogen and oxygen atoms in total. The van der Waals surface area contributed by atoms with Crippen molar-refractivity contribution in [2.45, 2.75) is 65.1 Å². The van der Waals surface area contributed by atoms with Gasteiger partial charge >= 0.3 is 6.03 Å². The number of likely N-dealkylation sites (tertiary alicyclic amines) is 1. The van der Waals surface area contributed by atoms with Crippen molar-refractivity contribution in [3.63, 3.8) is 0 Å². The summed E-state index contributed by atoms with van der Waals surface area (Å²) in [6.07, 6.45) is 0.454. The van der Waals surface area contributed by atoms with E-state index in [4.69, 9.17) is 4.84 Å². The number of carbonyl (C=O) groups excluding carboxylic acids is 1. The van der Waals surface area contributed by atoms with Gasteiger partial charge in [-0.25, -0.2) is 9.63 Å². The third kappa shape index (κ3) is 7.12. The van der Waals surface area contributed by atoms with Crippen molar-refractivity contribution < 1.29 is 14.6 Å². The first-order valence-electron chi connectivity index (χ1n) is 7.15. The minimum atomic E-state index is -0.480. The van der Waals surface area contributed by atoms with Gasteiger partial charge in [0.15, 0.2) is 0 Å². The van der Waals surface area contributed by atoms with Crippen LogP contribution < -0.4 is 10.9 Å². The summed E-state index contributed by atoms with van der Waals surface area (Å²) in [6.45, 7) is 12.3. The Hall–Kier alpha value is -1.57. The van der Waals surface area contributed by atoms with Gasteiger partial charge in [0.1, 0.15) is 11.6 Å². The molecule has 0 unspecified atom stereocenters. The van der Waals surface area contributed by atoms with Crippen molar-refractivity contribution in [1.82, 2.24) is 15.8 Å². The second kappa shape index (κ2) is 6.46. The van der Waals surface area contributed by atoms with E-state index in [0.29, 0.717) is 24.5 Å². The standard InChI is InChI=1S/C13H27N5O3/c1-12(2,3)14-11(19)17-8-7-10(9-17)21-16-18(20)15-13(4,5)6/h10H,7-9H2,1-6H3,(H,14,19)(H,15,16)/t10-/m1/s1. The Morgan fingerprint density at radius 2 is 1.95 bits per heavy atom. The van der Waals surface area contributed by atoms with Crippen LogP contribution in [-0.4, -0.2) is 46.2 Å². The maximum absolute atomic E-state index is 12.0. The van der Waals surface area contributed by atoms with Gasteiger partial charge < -0.3 is 15.4 Å². The fourth-order valence-corrected chi connectivity index (χ4v) is 1.82. The van der Waals surface area contributed by atoms with Crippen molar-refractivity contribution in [3.05, 3.63) is 5.21 Å². The topological polar surface area (TPSA) is 92.0 Å². The Morgan fingerprint density at radius 1 is 1.33 bits per heavy atom. The summed E-state index contributed by atoms with van der Waals surface area (Å²) >= 11 is 0. The third-order valence-corrected chi connectivity index (χ3v) is 2.60. The second-order valence-corrected chi connectivity index (χ2v) is 7.29. The molecule has 1 aliphatic rings. The van der Waals surface area contributed by atoms with Gasteiger partial charge in [-0.05, 0) is 53.6 Å². The zero-order valence-electron chi connectivity index (χ0n) is 13.8. The number of carbonyl (C=O) groups is 1. The molecule has 0 aromatic rings. The Labute approximate surface area is 126 Å². The summed E-state index contributed by atoms with van der Waals surface area (Å²) in [5, 5.41) is 18.2. The molecule has 0 radical (unpaired) electrons. The van der Waals surface area contributed by atoms with Crippen LogP contribution in [0, 0.1) is 5.21 Å². The summed E-state index contributed by atoms with van der Waals surface area (Å²) in [7, 11) is 0. The van der Waals surface area contributed by atoms with E-state index in [1.54, 1.807) is 4.90 Å². The van der Waals surface area contributed by atoms with Gasteiger partial charge in [-0.3, -0.25) is 0 Å². The van der Waals surface area contributed by atoms with Crippen LogP contribution in [0.1, 0.15) is 48.0 Å². The predicted molar refractivity (Wildman–Crippen MR) is 78.3 cm³/mol. The van der Waals surface area contributed by atoms with Crippen LogP contribution in [0.5, 0.6) is 0 Å². The summed E-state index contributed by atoms with van der Waals surface area (Å²) in [4.78, 5) is 19.2. The van der Waals surface area contributed by atoms with Gasteiger partial charge in [-0.2, -0.15) is 0 Å². The van der Waals surface area contributed by atoms with E-state index in [1.807, 2.05) is 41.5 Å². The van der Waals surface area contributed by atoms with E-state index >= 15 is 0 Å². The molecule has 2 amide bonds. The molecule has 0 bridgehead atoms. The second-order valence-electron chi connectivity index (χ2n) is 7.29. The molecule has 0 saturated carbocycles. The van der Waals surface area contributed by atoms with E-state index < -0.39 is 5.54 Å². The van der Waals surface area contributed by atoms with Crippen LogP contribution in [-0.2, 0) is 4.84 Å². The molecule has 1 atom stereocenters. The van der Waals surface area contributed by atoms with E-state index in [9.17, 15) is 10.0 Å². The maximum Gasteiger partial charge on any atom is 0.317 e. The average molecular weight is 301 g/mol. The molecule has 122 valence electrons. The lowest BCUT2D eigenvalue weighted by atomic mass is 10.1. The predicted octanol–water partition coefficient (Wildman–Crippen LogP) is 1.77. The number of hydrogen-bond donors (Lipinski definition) is 2. The van der Waals surface area contributed by atoms with Crippen LogP contribution in [0.2, 0.25) is 0 Å². The van der Waals surface area contributed by atoms with E-state index in [2.05, 4.69) is 16.0 Å². The van der Waals surface area contributed by atoms with Crippen molar-refractivity contribution in [1.29, 1.82) is 0 Å². The van der Waals surface area contributed by atoms with Gasteiger partial charge in [0.05, 0.1) is 11.5 Å². The van der Waals surface area contributed by atoms with Crippen LogP contribution in [0.25, 0.3) is 0 Å². The highest BCUT2D eigenvalue weighted by Crippen LogP contribution is 2.13. The van der Waals surface area contributed by atoms with E-state index in [1.165, 1.54) is 0 Å². The Morgan fingerprint density at radius 3 is 2.48 bits per heavy atom. The number of nitrogens with zero attached hydrogens (tertiary/aromatic N) is 3. The zero-order chi connectivity index (χ0) is 16.3. The van der Waals surface area contributed by atoms with Gasteiger partial charge in [0.25, 0.3) is 0 Å². The molecule has 0 aliphatic carbocycles. The molecule has 2 N–H and O–H groups in total. The van der Waals surface area contributed by atoms with Crippen LogP contribution >= 0.6 is 0 Å². The number of hydrogen-bond acceptors (Lipinski definition) is 4. The molecular formula is C13H27N5O3. The van der Waals surface area contributed by atoms with Crippen LogP contribution in [0.4, 0.5) is 4.79 Å². The van der Waals surface area contributed by atoms with Crippen LogP contribution in [0.15, 0.2) is 5.11 Å². The normalized spacial score (nSPS) is 20.6. The molecule has 0 aromatic heterocycles. The highest BCUT2D eigenvalue weighted by Gasteiger charge is 2.29. The number of hydrazine groups is 1. The SMILES string of the molecule is CC(C)(C)N=[N+]([O-])NO[C@@H]1CCN(C(=O)NC(C)(C)C)C1. The highest BCUT2D eigenvalue weighted by atomic mass is 16.8. The Balaban J connectivity index is 2.39. The average Bonchev–Trinajstić information content (AvgIpc) is 2.70. The smallest absolute Gasteiger partial charge is 0.317 e. The van der Waals surface area contributed by atoms with Gasteiger partial charge in [0.2, 0.25) is 0 Å². The molecule has 1 aliphatic heterocycles. The van der Waals surface area contributed by atoms with Crippen molar-refractivity contribution in [2.24, 2.45) is 5.11 Å². The Kier molecular flexibility index (Phi) is 5.38. The zero-order valence-corrected chi connectivity index (χ0v) is 13.8. The minimum Gasteiger partial charge on any atom is -0.570 e. The summed E-state index contributed by atoms with van der Waals surface area (Å²) in [6, 6.07) is -0.119. The summed E-state index contributed by atoms with van der Waals surface area (Å²) < 4.78 is 0. The van der Waals surface area contributed by atoms with Crippen LogP contribution in [0.3, 0.4) is 0 Å². The summed E-state index contributed by atoms with van der Waals surface area (Å²) in [5.41, 5.74) is 1.49. The Bertz CT molecular complexity index is 398. The van der Waals surface area contributed by atoms with E-state index in [-0.39, 0.29) is 17.7 Å². The van der Waals surface area contributed by atoms with Crippen molar-refractivity contribution in [2.75, 3.05) is 13.1 Å². The molecule has 0 spiro atoms. The van der Waals surface area contributed by atoms with Gasteiger partial charge in [-0.15, -0.1) is 0 Å². The molecule has 0 aromatic carbocycles. The maximum atomic E-state index is 12.0. The van der Waals surface area contributed by atoms with Crippen molar-refractivity contribution >= 4 is 6.03 Å². The minimum absolute atomic E-state index is 0.119. The monoisotopic (exact) mass is 301 g/mol. The molecule has 1 rings (SSSR count). The fourth-order valence-electron chi connectivity index (χ4n) is 1.82. The molecule has 21 heavy (non-hydrogen) atoms. The lowest BCUT2D eigenvalue weighted by Gasteiger charge is -2.25. The molecule has 8 heteroatoms. The number of urea groups is 1. The quantitative estimate of drug-likeness (QED) is 0.472. The number of amides is 2. The van der Waals surface area contributed by atoms with Gasteiger partial charge in [-0.1, -0.05) is 0 Å². The molecule has 1 fully saturated rings. The first kappa shape index (κ1) is 17.5. The fraction of sp³-hybridized carbons (Fsp3) is 0.923. The molecule has 1 heterocycles. The summed E-state index contributed by atoms with van der Waals surface area (Å²) in [5.74, 6) is 0. The highest BCUT2D eigenvalue weighted by molar-refractivity contribution is 5.75. The van der Waals surface area contributed by atoms with E-state index in [0.717, 1.165) is 0 Å².